The lowest BCUT2D eigenvalue weighted by Crippen LogP contribution is -2.42. The Morgan fingerprint density at radius 1 is 1.23 bits per heavy atom. The number of hydrogen-bond donors (Lipinski definition) is 1. The second-order valence-corrected chi connectivity index (χ2v) is 8.98. The van der Waals surface area contributed by atoms with Crippen LogP contribution in [-0.2, 0) is 9.53 Å². The monoisotopic (exact) mass is 420 g/mol. The molecule has 2 saturated heterocycles. The molecule has 30 heavy (non-hydrogen) atoms. The zero-order valence-electron chi connectivity index (χ0n) is 17.8. The van der Waals surface area contributed by atoms with Crippen LogP contribution in [0.25, 0.3) is 0 Å². The van der Waals surface area contributed by atoms with Gasteiger partial charge < -0.3 is 19.5 Å². The lowest BCUT2D eigenvalue weighted by molar-refractivity contribution is -0.130. The smallest absolute Gasteiger partial charge is 0.222 e. The molecule has 6 nitrogen and oxygen atoms in total. The van der Waals surface area contributed by atoms with Crippen molar-refractivity contribution in [2.24, 2.45) is 11.8 Å². The van der Waals surface area contributed by atoms with E-state index in [1.165, 1.54) is 12.1 Å². The molecule has 3 fully saturated rings. The third kappa shape index (κ3) is 5.13. The summed E-state index contributed by atoms with van der Waals surface area (Å²) in [6, 6.07) is 4.45. The van der Waals surface area contributed by atoms with Crippen LogP contribution in [0.2, 0.25) is 0 Å². The van der Waals surface area contributed by atoms with Crippen molar-refractivity contribution in [1.82, 2.24) is 9.80 Å². The Morgan fingerprint density at radius 3 is 2.70 bits per heavy atom. The zero-order valence-corrected chi connectivity index (χ0v) is 17.8. The molecule has 1 aliphatic carbocycles. The quantitative estimate of drug-likeness (QED) is 0.765. The molecule has 4 atom stereocenters. The molecule has 1 saturated carbocycles. The molecule has 0 aromatic heterocycles. The maximum atomic E-state index is 13.3. The van der Waals surface area contributed by atoms with Gasteiger partial charge in [0, 0.05) is 32.6 Å². The molecule has 7 heteroatoms. The number of nitrogens with zero attached hydrogens (tertiary/aromatic N) is 2. The molecule has 1 aromatic rings. The normalized spacial score (nSPS) is 29.6. The van der Waals surface area contributed by atoms with Crippen LogP contribution in [0.3, 0.4) is 0 Å². The Balaban J connectivity index is 1.26. The van der Waals surface area contributed by atoms with E-state index in [0.717, 1.165) is 64.3 Å². The topological polar surface area (TPSA) is 62.2 Å². The number of carbonyl (C=O) groups is 1. The SMILES string of the molecule is Cc1cc(F)ccc1O[C@@H]1C[C@@H]2CN(C(=O)CCCN3CCOCC3)C[C@@H]2C[C@H]1O. The van der Waals surface area contributed by atoms with Crippen molar-refractivity contribution in [2.45, 2.75) is 44.8 Å². The molecule has 2 aliphatic heterocycles. The fourth-order valence-electron chi connectivity index (χ4n) is 5.07. The molecular formula is C23H33FN2O4. The fourth-order valence-corrected chi connectivity index (χ4v) is 5.07. The highest BCUT2D eigenvalue weighted by molar-refractivity contribution is 5.76. The maximum absolute atomic E-state index is 13.3. The summed E-state index contributed by atoms with van der Waals surface area (Å²) in [6.45, 7) is 7.71. The van der Waals surface area contributed by atoms with Gasteiger partial charge in [-0.25, -0.2) is 4.39 Å². The molecule has 0 radical (unpaired) electrons. The van der Waals surface area contributed by atoms with Gasteiger partial charge in [0.05, 0.1) is 19.3 Å². The van der Waals surface area contributed by atoms with E-state index in [1.54, 1.807) is 6.07 Å². The Kier molecular flexibility index (Phi) is 6.91. The Bertz CT molecular complexity index is 740. The Labute approximate surface area is 177 Å². The van der Waals surface area contributed by atoms with E-state index in [1.807, 2.05) is 11.8 Å². The van der Waals surface area contributed by atoms with Crippen molar-refractivity contribution in [3.63, 3.8) is 0 Å². The van der Waals surface area contributed by atoms with Crippen molar-refractivity contribution in [1.29, 1.82) is 0 Å². The van der Waals surface area contributed by atoms with E-state index in [2.05, 4.69) is 4.90 Å². The summed E-state index contributed by atoms with van der Waals surface area (Å²) < 4.78 is 24.8. The first kappa shape index (κ1) is 21.5. The lowest BCUT2D eigenvalue weighted by atomic mass is 9.78. The summed E-state index contributed by atoms with van der Waals surface area (Å²) in [4.78, 5) is 17.1. The number of carbonyl (C=O) groups excluding carboxylic acids is 1. The van der Waals surface area contributed by atoms with Crippen LogP contribution in [0.15, 0.2) is 18.2 Å². The van der Waals surface area contributed by atoms with Crippen LogP contribution >= 0.6 is 0 Å². The number of halogens is 1. The van der Waals surface area contributed by atoms with Gasteiger partial charge in [-0.15, -0.1) is 0 Å². The van der Waals surface area contributed by atoms with Gasteiger partial charge in [0.1, 0.15) is 17.7 Å². The second-order valence-electron chi connectivity index (χ2n) is 8.98. The average Bonchev–Trinajstić information content (AvgIpc) is 3.14. The predicted octanol–water partition coefficient (Wildman–Crippen LogP) is 2.22. The summed E-state index contributed by atoms with van der Waals surface area (Å²) in [5.74, 6) is 1.23. The van der Waals surface area contributed by atoms with Crippen LogP contribution in [0, 0.1) is 24.6 Å². The summed E-state index contributed by atoms with van der Waals surface area (Å²) in [5.41, 5.74) is 0.729. The zero-order chi connectivity index (χ0) is 21.1. The van der Waals surface area contributed by atoms with Crippen LogP contribution < -0.4 is 4.74 Å². The van der Waals surface area contributed by atoms with E-state index in [4.69, 9.17) is 9.47 Å². The van der Waals surface area contributed by atoms with Gasteiger partial charge in [-0.05, 0) is 68.3 Å². The highest BCUT2D eigenvalue weighted by Crippen LogP contribution is 2.38. The number of aryl methyl sites for hydroxylation is 1. The summed E-state index contributed by atoms with van der Waals surface area (Å²) in [6.07, 6.45) is 1.95. The molecule has 0 spiro atoms. The Hall–Kier alpha value is -1.70. The summed E-state index contributed by atoms with van der Waals surface area (Å²) in [5, 5.41) is 10.6. The lowest BCUT2D eigenvalue weighted by Gasteiger charge is -2.35. The minimum Gasteiger partial charge on any atom is -0.487 e. The third-order valence-corrected chi connectivity index (χ3v) is 6.82. The minimum absolute atomic E-state index is 0.221. The van der Waals surface area contributed by atoms with Gasteiger partial charge in [-0.2, -0.15) is 0 Å². The number of aliphatic hydroxyl groups is 1. The number of morpholine rings is 1. The average molecular weight is 421 g/mol. The summed E-state index contributed by atoms with van der Waals surface area (Å²) >= 11 is 0. The molecule has 0 unspecified atom stereocenters. The van der Waals surface area contributed by atoms with Crippen LogP contribution in [-0.4, -0.2) is 79.0 Å². The summed E-state index contributed by atoms with van der Waals surface area (Å²) in [7, 11) is 0. The second kappa shape index (κ2) is 9.62. The first-order valence-electron chi connectivity index (χ1n) is 11.2. The highest BCUT2D eigenvalue weighted by Gasteiger charge is 2.43. The Morgan fingerprint density at radius 2 is 1.97 bits per heavy atom. The van der Waals surface area contributed by atoms with Crippen LogP contribution in [0.4, 0.5) is 4.39 Å². The van der Waals surface area contributed by atoms with E-state index in [-0.39, 0.29) is 17.8 Å². The fraction of sp³-hybridized carbons (Fsp3) is 0.696. The van der Waals surface area contributed by atoms with Crippen molar-refractivity contribution in [3.05, 3.63) is 29.6 Å². The molecule has 166 valence electrons. The molecule has 2 heterocycles. The van der Waals surface area contributed by atoms with Gasteiger partial charge in [0.15, 0.2) is 0 Å². The van der Waals surface area contributed by atoms with Crippen molar-refractivity contribution in [3.8, 4) is 5.75 Å². The number of ether oxygens (including phenoxy) is 2. The maximum Gasteiger partial charge on any atom is 0.222 e. The number of aliphatic hydroxyl groups excluding tert-OH is 1. The van der Waals surface area contributed by atoms with E-state index in [0.29, 0.717) is 30.4 Å². The van der Waals surface area contributed by atoms with Gasteiger partial charge in [-0.3, -0.25) is 9.69 Å². The predicted molar refractivity (Wildman–Crippen MR) is 111 cm³/mol. The number of rotatable bonds is 6. The molecule has 4 rings (SSSR count). The van der Waals surface area contributed by atoms with Gasteiger partial charge in [0.2, 0.25) is 5.91 Å². The highest BCUT2D eigenvalue weighted by atomic mass is 19.1. The minimum atomic E-state index is -0.563. The largest absolute Gasteiger partial charge is 0.487 e. The number of benzene rings is 1. The molecule has 1 aromatic carbocycles. The van der Waals surface area contributed by atoms with Crippen LogP contribution in [0.1, 0.15) is 31.2 Å². The van der Waals surface area contributed by atoms with E-state index < -0.39 is 6.10 Å². The number of hydrogen-bond acceptors (Lipinski definition) is 5. The first-order chi connectivity index (χ1) is 14.5. The molecule has 0 bridgehead atoms. The van der Waals surface area contributed by atoms with Gasteiger partial charge in [0.25, 0.3) is 0 Å². The molecular weight excluding hydrogens is 387 g/mol. The first-order valence-corrected chi connectivity index (χ1v) is 11.2. The molecule has 1 amide bonds. The van der Waals surface area contributed by atoms with Gasteiger partial charge >= 0.3 is 0 Å². The van der Waals surface area contributed by atoms with E-state index in [9.17, 15) is 14.3 Å². The third-order valence-electron chi connectivity index (χ3n) is 6.82. The molecule has 3 aliphatic rings. The van der Waals surface area contributed by atoms with Gasteiger partial charge in [-0.1, -0.05) is 0 Å². The standard InChI is InChI=1S/C23H33FN2O4/c1-16-11-19(24)4-5-21(16)30-22-13-18-15-26(14-17(18)12-20(22)27)23(28)3-2-6-25-7-9-29-10-8-25/h4-5,11,17-18,20,22,27H,2-3,6-10,12-15H2,1H3/t17-,18+,20+,22+/m0/s1. The van der Waals surface area contributed by atoms with Crippen molar-refractivity contribution in [2.75, 3.05) is 45.9 Å². The number of likely N-dealkylation sites (tertiary alicyclic amines) is 1. The van der Waals surface area contributed by atoms with Crippen molar-refractivity contribution >= 4 is 5.91 Å². The number of fused-ring (bicyclic) bond motifs is 1. The molecule has 1 N–H and O–H groups in total. The van der Waals surface area contributed by atoms with E-state index >= 15 is 0 Å². The van der Waals surface area contributed by atoms with Crippen LogP contribution in [0.5, 0.6) is 5.75 Å². The van der Waals surface area contributed by atoms with Crippen molar-refractivity contribution < 1.29 is 23.8 Å². The number of amides is 1.